The highest BCUT2D eigenvalue weighted by molar-refractivity contribution is 9.10. The first kappa shape index (κ1) is 27.6. The number of ether oxygens (including phenoxy) is 2. The fraction of sp³-hybridized carbons (Fsp3) is 0.500. The lowest BCUT2D eigenvalue weighted by Gasteiger charge is -2.38. The van der Waals surface area contributed by atoms with Crippen molar-refractivity contribution in [3.05, 3.63) is 63.3 Å². The van der Waals surface area contributed by atoms with E-state index in [4.69, 9.17) is 14.0 Å². The Hall–Kier alpha value is -1.94. The van der Waals surface area contributed by atoms with Crippen LogP contribution < -0.4 is 4.31 Å². The molecule has 1 unspecified atom stereocenters. The predicted molar refractivity (Wildman–Crippen MR) is 143 cm³/mol. The van der Waals surface area contributed by atoms with Crippen molar-refractivity contribution in [1.82, 2.24) is 5.16 Å². The minimum absolute atomic E-state index is 0.174. The van der Waals surface area contributed by atoms with Crippen molar-refractivity contribution in [2.24, 2.45) is 5.92 Å². The van der Waals surface area contributed by atoms with Crippen molar-refractivity contribution in [3.8, 4) is 0 Å². The summed E-state index contributed by atoms with van der Waals surface area (Å²) in [5.74, 6) is 0.587. The fourth-order valence-corrected chi connectivity index (χ4v) is 6.46. The summed E-state index contributed by atoms with van der Waals surface area (Å²) in [6.45, 7) is 10.1. The molecule has 192 valence electrons. The number of anilines is 1. The Kier molecular flexibility index (Phi) is 9.01. The molecule has 1 aliphatic carbocycles. The van der Waals surface area contributed by atoms with Crippen LogP contribution in [0.25, 0.3) is 5.57 Å². The number of nitrogens with zero attached hydrogens (tertiary/aromatic N) is 2. The van der Waals surface area contributed by atoms with Gasteiger partial charge in [-0.25, -0.2) is 12.7 Å². The van der Waals surface area contributed by atoms with E-state index in [1.807, 2.05) is 30.4 Å². The number of rotatable bonds is 11. The van der Waals surface area contributed by atoms with E-state index in [0.29, 0.717) is 30.2 Å². The lowest BCUT2D eigenvalue weighted by molar-refractivity contribution is 0.0743. The van der Waals surface area contributed by atoms with Gasteiger partial charge < -0.3 is 14.0 Å². The molecule has 1 aromatic carbocycles. The summed E-state index contributed by atoms with van der Waals surface area (Å²) in [5, 5.41) is 4.00. The zero-order valence-electron chi connectivity index (χ0n) is 21.3. The molecule has 1 heterocycles. The lowest BCUT2D eigenvalue weighted by Crippen LogP contribution is -2.49. The molecule has 3 rings (SSSR count). The molecule has 1 aromatic heterocycles. The molecule has 9 heteroatoms. The fourth-order valence-electron chi connectivity index (χ4n) is 4.20. The van der Waals surface area contributed by atoms with Gasteiger partial charge in [-0.2, -0.15) is 0 Å². The van der Waals surface area contributed by atoms with Gasteiger partial charge in [0.1, 0.15) is 11.5 Å². The molecule has 0 fully saturated rings. The average Bonchev–Trinajstić information content (AvgIpc) is 3.12. The van der Waals surface area contributed by atoms with Gasteiger partial charge in [-0.15, -0.1) is 0 Å². The molecule has 1 atom stereocenters. The molecule has 0 saturated heterocycles. The molecular formula is C26H35BrN2O5S. The van der Waals surface area contributed by atoms with Gasteiger partial charge in [-0.05, 0) is 68.4 Å². The lowest BCUT2D eigenvalue weighted by atomic mass is 9.83. The van der Waals surface area contributed by atoms with Gasteiger partial charge in [-0.3, -0.25) is 0 Å². The van der Waals surface area contributed by atoms with Gasteiger partial charge in [-0.1, -0.05) is 59.2 Å². The van der Waals surface area contributed by atoms with Gasteiger partial charge >= 0.3 is 0 Å². The molecule has 0 radical (unpaired) electrons. The third kappa shape index (κ3) is 5.74. The third-order valence-electron chi connectivity index (χ3n) is 6.32. The molecule has 2 aromatic rings. The smallest absolute Gasteiger partial charge is 0.249 e. The van der Waals surface area contributed by atoms with Crippen LogP contribution in [-0.4, -0.2) is 45.4 Å². The minimum Gasteiger partial charge on any atom is -0.382 e. The van der Waals surface area contributed by atoms with Crippen LogP contribution in [0.4, 0.5) is 5.88 Å². The normalized spacial score (nSPS) is 18.2. The maximum atomic E-state index is 14.5. The number of sulfonamides is 1. The highest BCUT2D eigenvalue weighted by atomic mass is 79.9. The van der Waals surface area contributed by atoms with Crippen LogP contribution in [0.5, 0.6) is 0 Å². The Morgan fingerprint density at radius 1 is 1.26 bits per heavy atom. The van der Waals surface area contributed by atoms with Crippen molar-refractivity contribution >= 4 is 37.4 Å². The number of aryl methyl sites for hydroxylation is 1. The summed E-state index contributed by atoms with van der Waals surface area (Å²) in [6.07, 6.45) is 6.88. The summed E-state index contributed by atoms with van der Waals surface area (Å²) in [6, 6.07) is 6.04. The van der Waals surface area contributed by atoms with E-state index in [2.05, 4.69) is 41.0 Å². The number of methoxy groups -OCH3 is 1. The number of allylic oxidation sites excluding steroid dienone is 3. The third-order valence-corrected chi connectivity index (χ3v) is 9.19. The second-order valence-electron chi connectivity index (χ2n) is 9.42. The van der Waals surface area contributed by atoms with Crippen LogP contribution in [0.1, 0.15) is 49.6 Å². The highest BCUT2D eigenvalue weighted by Crippen LogP contribution is 2.44. The van der Waals surface area contributed by atoms with Crippen molar-refractivity contribution in [2.45, 2.75) is 52.2 Å². The molecule has 1 aliphatic rings. The SMILES string of the molecule is COCCOCN(c1onc(C)c1C)S(=O)(=O)C1(C)CC=CC=C1c1ccc(Br)cc1CC(C)C. The summed E-state index contributed by atoms with van der Waals surface area (Å²) in [5.41, 5.74) is 4.08. The van der Waals surface area contributed by atoms with E-state index in [0.717, 1.165) is 27.6 Å². The Balaban J connectivity index is 2.12. The minimum atomic E-state index is -4.02. The molecular weight excluding hydrogens is 532 g/mol. The summed E-state index contributed by atoms with van der Waals surface area (Å²) >= 11 is 3.58. The first-order valence-corrected chi connectivity index (χ1v) is 13.9. The summed E-state index contributed by atoms with van der Waals surface area (Å²) in [7, 11) is -2.45. The molecule has 0 amide bonds. The number of halogens is 1. The maximum absolute atomic E-state index is 14.5. The molecule has 0 spiro atoms. The van der Waals surface area contributed by atoms with Crippen LogP contribution in [0.2, 0.25) is 0 Å². The highest BCUT2D eigenvalue weighted by Gasteiger charge is 2.48. The van der Waals surface area contributed by atoms with Gasteiger partial charge in [0.05, 0.1) is 18.9 Å². The van der Waals surface area contributed by atoms with E-state index >= 15 is 0 Å². The van der Waals surface area contributed by atoms with Gasteiger partial charge in [0.15, 0.2) is 0 Å². The maximum Gasteiger partial charge on any atom is 0.249 e. The topological polar surface area (TPSA) is 81.9 Å². The van der Waals surface area contributed by atoms with E-state index in [1.54, 1.807) is 27.9 Å². The molecule has 0 bridgehead atoms. The Morgan fingerprint density at radius 2 is 2.00 bits per heavy atom. The van der Waals surface area contributed by atoms with E-state index in [9.17, 15) is 8.42 Å². The van der Waals surface area contributed by atoms with Crippen molar-refractivity contribution in [1.29, 1.82) is 0 Å². The second kappa shape index (κ2) is 11.4. The monoisotopic (exact) mass is 566 g/mol. The number of hydrogen-bond donors (Lipinski definition) is 0. The molecule has 0 saturated carbocycles. The van der Waals surface area contributed by atoms with Gasteiger partial charge in [0, 0.05) is 17.1 Å². The van der Waals surface area contributed by atoms with Gasteiger partial charge in [0.25, 0.3) is 0 Å². The number of aromatic nitrogens is 1. The Bertz CT molecular complexity index is 1200. The molecule has 35 heavy (non-hydrogen) atoms. The first-order valence-electron chi connectivity index (χ1n) is 11.7. The van der Waals surface area contributed by atoms with Crippen LogP contribution >= 0.6 is 15.9 Å². The van der Waals surface area contributed by atoms with E-state index < -0.39 is 14.8 Å². The first-order chi connectivity index (χ1) is 16.5. The number of benzene rings is 1. The quantitative estimate of drug-likeness (QED) is 0.252. The van der Waals surface area contributed by atoms with Crippen LogP contribution in [0, 0.1) is 19.8 Å². The summed E-state index contributed by atoms with van der Waals surface area (Å²) < 4.78 is 46.1. The second-order valence-corrected chi connectivity index (χ2v) is 12.6. The average molecular weight is 568 g/mol. The zero-order valence-corrected chi connectivity index (χ0v) is 23.7. The van der Waals surface area contributed by atoms with Gasteiger partial charge in [0.2, 0.25) is 15.9 Å². The van der Waals surface area contributed by atoms with Crippen LogP contribution in [0.3, 0.4) is 0 Å². The molecule has 0 aliphatic heterocycles. The Labute approximate surface area is 217 Å². The van der Waals surface area contributed by atoms with E-state index in [-0.39, 0.29) is 19.2 Å². The molecule has 0 N–H and O–H groups in total. The zero-order chi connectivity index (χ0) is 25.8. The number of hydrogen-bond acceptors (Lipinski definition) is 6. The van der Waals surface area contributed by atoms with Crippen molar-refractivity contribution in [2.75, 3.05) is 31.4 Å². The van der Waals surface area contributed by atoms with Crippen molar-refractivity contribution < 1.29 is 22.4 Å². The largest absolute Gasteiger partial charge is 0.382 e. The predicted octanol–water partition coefficient (Wildman–Crippen LogP) is 5.81. The van der Waals surface area contributed by atoms with E-state index in [1.165, 1.54) is 4.31 Å². The van der Waals surface area contributed by atoms with Crippen LogP contribution in [0.15, 0.2) is 45.4 Å². The Morgan fingerprint density at radius 3 is 2.63 bits per heavy atom. The summed E-state index contributed by atoms with van der Waals surface area (Å²) in [4.78, 5) is 0. The van der Waals surface area contributed by atoms with Crippen LogP contribution in [-0.2, 0) is 25.9 Å². The van der Waals surface area contributed by atoms with Crippen molar-refractivity contribution in [3.63, 3.8) is 0 Å². The molecule has 7 nitrogen and oxygen atoms in total. The standard InChI is InChI=1S/C26H35BrN2O5S/c1-18(2)15-21-16-22(27)10-11-23(21)24-9-7-8-12-26(24,5)35(30,31)29(17-33-14-13-32-6)25-19(3)20(4)28-34-25/h7-11,16,18H,12-15,17H2,1-6H3.